The van der Waals surface area contributed by atoms with E-state index in [1.165, 1.54) is 69.2 Å². The largest absolute Gasteiger partial charge is 0.510 e. The molecule has 0 fully saturated rings. The van der Waals surface area contributed by atoms with Crippen LogP contribution < -0.4 is 11.5 Å². The number of amides is 2. The molecule has 21 nitrogen and oxygen atoms in total. The molecule has 0 saturated heterocycles. The number of benzene rings is 2. The Morgan fingerprint density at radius 2 is 1.20 bits per heavy atom. The Morgan fingerprint density at radius 3 is 1.74 bits per heavy atom. The summed E-state index contributed by atoms with van der Waals surface area (Å²) in [4.78, 5) is 79.5. The van der Waals surface area contributed by atoms with Crippen molar-refractivity contribution in [3.05, 3.63) is 103 Å². The molecule has 2 amide bonds. The molecule has 0 bridgehead atoms. The van der Waals surface area contributed by atoms with Crippen LogP contribution in [0.25, 0.3) is 0 Å². The van der Waals surface area contributed by atoms with Gasteiger partial charge < -0.3 is 67.6 Å². The van der Waals surface area contributed by atoms with Crippen LogP contribution in [0.5, 0.6) is 11.5 Å². The first-order valence-corrected chi connectivity index (χ1v) is 20.2. The van der Waals surface area contributed by atoms with E-state index in [1.54, 1.807) is 0 Å². The topological polar surface area (TPSA) is 383 Å². The molecule has 346 valence electrons. The highest BCUT2D eigenvalue weighted by molar-refractivity contribution is 6.33. The van der Waals surface area contributed by atoms with Crippen molar-refractivity contribution in [2.24, 2.45) is 35.1 Å². The van der Waals surface area contributed by atoms with E-state index in [0.717, 1.165) is 6.07 Å². The van der Waals surface area contributed by atoms with Crippen molar-refractivity contribution in [2.45, 2.75) is 54.4 Å². The second-order valence-electron chi connectivity index (χ2n) is 17.5. The van der Waals surface area contributed by atoms with Crippen molar-refractivity contribution in [1.29, 1.82) is 0 Å². The number of primary amides is 2. The molecule has 0 radical (unpaired) electrons. The summed E-state index contributed by atoms with van der Waals surface area (Å²) < 4.78 is 0. The van der Waals surface area contributed by atoms with Crippen LogP contribution in [0.2, 0.25) is 5.02 Å². The number of hydrogen-bond acceptors (Lipinski definition) is 19. The molecule has 2 aromatic carbocycles. The number of aliphatic hydroxyl groups excluding tert-OH is 6. The van der Waals surface area contributed by atoms with E-state index < -0.39 is 157 Å². The highest BCUT2D eigenvalue weighted by Gasteiger charge is 2.69. The van der Waals surface area contributed by atoms with E-state index in [1.807, 2.05) is 0 Å². The van der Waals surface area contributed by atoms with Gasteiger partial charge in [-0.3, -0.25) is 38.6 Å². The zero-order valence-corrected chi connectivity index (χ0v) is 35.8. The maximum atomic E-state index is 13.3. The Hall–Kier alpha value is -6.17. The third-order valence-corrected chi connectivity index (χ3v) is 14.0. The number of nitrogens with two attached hydrogens (primary N) is 2. The van der Waals surface area contributed by atoms with Gasteiger partial charge >= 0.3 is 0 Å². The van der Waals surface area contributed by atoms with Gasteiger partial charge in [-0.15, -0.1) is 0 Å². The quantitative estimate of drug-likeness (QED) is 0.164. The van der Waals surface area contributed by atoms with Crippen molar-refractivity contribution in [3.8, 4) is 11.5 Å². The van der Waals surface area contributed by atoms with Crippen molar-refractivity contribution < 1.29 is 84.9 Å². The Bertz CT molecular complexity index is 2700. The summed E-state index contributed by atoms with van der Waals surface area (Å²) in [7, 11) is 5.88. The lowest BCUT2D eigenvalue weighted by molar-refractivity contribution is -0.173. The van der Waals surface area contributed by atoms with E-state index in [4.69, 9.17) is 23.1 Å². The number of carbonyl (C=O) groups excluding carboxylic acids is 6. The number of halogens is 1. The smallest absolute Gasteiger partial charge is 0.255 e. The molecule has 0 spiro atoms. The van der Waals surface area contributed by atoms with Gasteiger partial charge in [0.05, 0.1) is 58.4 Å². The standard InChI is InChI=1S/C22H24N2O9.C21H21ClN2O8/c1-21(32)7-5-4-6-8(25)9(7)15(26)10-12(21)17(28)13-14(24(2)3)16(27)11(20(23)31)19(30)22(13,33)18(10)29;1-24(2)14-7-5-6-10(16(27)12-9(25)4-3-8(22)11(12)15(6)26)18(29)21(7,32)19(30)13(17(14)28)20(23)31/h4-6,12-14,17,25,27-29,32-33H,1-3H3,(H2,23,31);3-4,6-7,14-15,25-26,28-29,32H,5H2,1-2H3,(H2,23,31)/t12-,13-,14+,17+,21-,22+;6-,7-,14-,15-,21-/m10/s1. The number of phenols is 2. The molecular weight excluding hydrogens is 880 g/mol. The van der Waals surface area contributed by atoms with Crippen LogP contribution in [0.1, 0.15) is 51.3 Å². The van der Waals surface area contributed by atoms with Gasteiger partial charge in [0.1, 0.15) is 45.7 Å². The molecule has 65 heavy (non-hydrogen) atoms. The number of aliphatic hydroxyl groups is 9. The van der Waals surface area contributed by atoms with Crippen LogP contribution >= 0.6 is 11.6 Å². The van der Waals surface area contributed by atoms with E-state index in [2.05, 4.69) is 0 Å². The van der Waals surface area contributed by atoms with Gasteiger partial charge in [0, 0.05) is 28.0 Å². The number of likely N-dealkylation sites (N-methyl/N-ethyl adjacent to an activating group) is 2. The van der Waals surface area contributed by atoms with Gasteiger partial charge in [-0.2, -0.15) is 0 Å². The van der Waals surface area contributed by atoms with Crippen LogP contribution in [0.3, 0.4) is 0 Å². The first kappa shape index (κ1) is 46.8. The van der Waals surface area contributed by atoms with Crippen LogP contribution in [-0.4, -0.2) is 158 Å². The van der Waals surface area contributed by atoms with E-state index in [0.29, 0.717) is 0 Å². The summed E-state index contributed by atoms with van der Waals surface area (Å²) in [5, 5.41) is 121. The number of rotatable bonds is 4. The maximum absolute atomic E-state index is 13.3. The molecule has 15 N–H and O–H groups in total. The highest BCUT2D eigenvalue weighted by atomic mass is 35.5. The second kappa shape index (κ2) is 15.2. The zero-order valence-electron chi connectivity index (χ0n) is 35.0. The molecule has 22 heteroatoms. The summed E-state index contributed by atoms with van der Waals surface area (Å²) in [6.07, 6.45) is -3.58. The predicted octanol–water partition coefficient (Wildman–Crippen LogP) is -0.979. The molecule has 11 atom stereocenters. The fraction of sp³-hybridized carbons (Fsp3) is 0.395. The summed E-state index contributed by atoms with van der Waals surface area (Å²) >= 11 is 6.17. The Balaban J connectivity index is 0.000000194. The molecule has 8 rings (SSSR count). The summed E-state index contributed by atoms with van der Waals surface area (Å²) in [5.41, 5.74) is -1.14. The van der Waals surface area contributed by atoms with E-state index in [9.17, 15) is 84.9 Å². The molecule has 6 aliphatic carbocycles. The SMILES string of the molecule is CN(C)[C@@H]1C(O)=C(C(N)=O)C(=O)[C@@]2(O)C(O)=C3C(=O)c4c(O)ccc(Cl)c4[C@@H](O)[C@H]3C[C@@H]12.CN(C)[C@@H]1C(O)=C(C(N)=O)C(=O)[C@@]2(O)C(O)=C3C(=O)c4c(O)cccc4[C@@](C)(O)[C@H]3[C@H](O)[C@@H]12. The second-order valence-corrected chi connectivity index (χ2v) is 17.9. The predicted molar refractivity (Wildman–Crippen MR) is 221 cm³/mol. The van der Waals surface area contributed by atoms with Crippen LogP contribution in [0.4, 0.5) is 0 Å². The molecule has 2 aromatic rings. The fourth-order valence-electron chi connectivity index (χ4n) is 10.9. The van der Waals surface area contributed by atoms with Gasteiger partial charge in [-0.1, -0.05) is 23.7 Å². The van der Waals surface area contributed by atoms with E-state index >= 15 is 0 Å². The lowest BCUT2D eigenvalue weighted by Crippen LogP contribution is -2.70. The molecule has 0 heterocycles. The number of hydrogen-bond donors (Lipinski definition) is 13. The number of phenolic OH excluding ortho intramolecular Hbond substituents is 2. The average molecular weight is 925 g/mol. The van der Waals surface area contributed by atoms with Gasteiger partial charge in [-0.05, 0) is 65.3 Å². The van der Waals surface area contributed by atoms with Crippen molar-refractivity contribution in [2.75, 3.05) is 28.2 Å². The Kier molecular flexibility index (Phi) is 11.0. The van der Waals surface area contributed by atoms with Crippen LogP contribution in [0.15, 0.2) is 75.7 Å². The van der Waals surface area contributed by atoms with Gasteiger partial charge in [0.15, 0.2) is 22.8 Å². The highest BCUT2D eigenvalue weighted by Crippen LogP contribution is 2.58. The average Bonchev–Trinajstić information content (AvgIpc) is 3.20. The molecule has 6 aliphatic rings. The Morgan fingerprint density at radius 1 is 0.708 bits per heavy atom. The first-order valence-electron chi connectivity index (χ1n) is 19.8. The minimum Gasteiger partial charge on any atom is -0.510 e. The van der Waals surface area contributed by atoms with Gasteiger partial charge in [0.25, 0.3) is 11.8 Å². The summed E-state index contributed by atoms with van der Waals surface area (Å²) in [5.74, 6) is -17.8. The molecular formula is C43H45ClN4O17. The third kappa shape index (κ3) is 6.03. The number of fused-ring (bicyclic) bond motifs is 6. The van der Waals surface area contributed by atoms with Gasteiger partial charge in [-0.25, -0.2) is 0 Å². The minimum atomic E-state index is -3.02. The minimum absolute atomic E-state index is 0.0145. The fourth-order valence-corrected chi connectivity index (χ4v) is 11.1. The molecule has 0 aromatic heterocycles. The summed E-state index contributed by atoms with van der Waals surface area (Å²) in [6.45, 7) is 1.25. The number of ketones is 4. The normalized spacial score (nSPS) is 34.0. The molecule has 0 saturated carbocycles. The van der Waals surface area contributed by atoms with Crippen molar-refractivity contribution in [1.82, 2.24) is 9.80 Å². The first-order chi connectivity index (χ1) is 30.0. The molecule has 0 unspecified atom stereocenters. The maximum Gasteiger partial charge on any atom is 0.255 e. The number of nitrogens with zero attached hydrogens (tertiary/aromatic N) is 2. The molecule has 0 aliphatic heterocycles. The van der Waals surface area contributed by atoms with Crippen LogP contribution in [0, 0.1) is 23.7 Å². The number of carbonyl (C=O) groups is 6. The third-order valence-electron chi connectivity index (χ3n) is 13.7. The zero-order chi connectivity index (χ0) is 48.6. The number of Topliss-reactive ketones (excluding diaryl/α,β-unsaturated/α-hetero) is 4. The van der Waals surface area contributed by atoms with E-state index in [-0.39, 0.29) is 33.7 Å². The number of aromatic hydroxyl groups is 2. The van der Waals surface area contributed by atoms with Crippen molar-refractivity contribution >= 4 is 46.5 Å². The van der Waals surface area contributed by atoms with Gasteiger partial charge in [0.2, 0.25) is 11.6 Å². The lowest BCUT2D eigenvalue weighted by atomic mass is 9.54. The lowest BCUT2D eigenvalue weighted by Gasteiger charge is -2.55. The summed E-state index contributed by atoms with van der Waals surface area (Å²) in [6, 6.07) is 3.84. The monoisotopic (exact) mass is 924 g/mol. The Labute approximate surface area is 372 Å². The van der Waals surface area contributed by atoms with Crippen LogP contribution in [-0.2, 0) is 24.8 Å². The van der Waals surface area contributed by atoms with Crippen molar-refractivity contribution in [3.63, 3.8) is 0 Å².